The van der Waals surface area contributed by atoms with E-state index in [0.29, 0.717) is 5.56 Å². The Labute approximate surface area is 83.1 Å². The van der Waals surface area contributed by atoms with E-state index in [1.165, 1.54) is 24.3 Å². The molecule has 13 heavy (non-hydrogen) atoms. The van der Waals surface area contributed by atoms with Crippen LogP contribution in [0.3, 0.4) is 0 Å². The Bertz CT molecular complexity index is 331. The molecule has 0 N–H and O–H groups in total. The molecule has 5 heteroatoms. The molecule has 0 amide bonds. The average molecular weight is 240 g/mol. The summed E-state index contributed by atoms with van der Waals surface area (Å²) < 4.78 is 4.62. The Morgan fingerprint density at radius 2 is 1.62 bits per heavy atom. The van der Waals surface area contributed by atoms with Gasteiger partial charge in [0.05, 0.1) is 0 Å². The quantitative estimate of drug-likeness (QED) is 0.589. The van der Waals surface area contributed by atoms with Crippen LogP contribution in [-0.2, 0) is 3.76 Å². The fourth-order valence-electron chi connectivity index (χ4n) is 0.860. The van der Waals surface area contributed by atoms with Gasteiger partial charge < -0.3 is 0 Å². The van der Waals surface area contributed by atoms with E-state index in [1.54, 1.807) is 0 Å². The molecular formula is C8H7GeO4-. The predicted molar refractivity (Wildman–Crippen MR) is 46.1 cm³/mol. The van der Waals surface area contributed by atoms with Crippen molar-refractivity contribution in [3.05, 3.63) is 35.4 Å². The van der Waals surface area contributed by atoms with Crippen molar-refractivity contribution in [1.29, 1.82) is 0 Å². The van der Waals surface area contributed by atoms with Crippen LogP contribution >= 0.6 is 0 Å². The molecule has 68 valence electrons. The molecule has 1 rings (SSSR count). The van der Waals surface area contributed by atoms with Crippen LogP contribution in [0.15, 0.2) is 24.3 Å². The van der Waals surface area contributed by atoms with Gasteiger partial charge in [-0.3, -0.25) is 0 Å². The first-order valence-electron chi connectivity index (χ1n) is 3.55. The van der Waals surface area contributed by atoms with Crippen molar-refractivity contribution in [1.82, 2.24) is 0 Å². The Balaban J connectivity index is 2.93. The summed E-state index contributed by atoms with van der Waals surface area (Å²) in [6.07, 6.45) is 0. The van der Waals surface area contributed by atoms with Gasteiger partial charge in [-0.1, -0.05) is 0 Å². The van der Waals surface area contributed by atoms with Gasteiger partial charge in [0, 0.05) is 0 Å². The minimum atomic E-state index is -1.26. The van der Waals surface area contributed by atoms with Gasteiger partial charge >= 0.3 is 82.6 Å². The molecule has 1 aromatic carbocycles. The van der Waals surface area contributed by atoms with Crippen molar-refractivity contribution in [2.75, 3.05) is 0 Å². The Morgan fingerprint density at radius 3 is 2.00 bits per heavy atom. The maximum atomic E-state index is 11.0. The van der Waals surface area contributed by atoms with Crippen LogP contribution in [0.1, 0.15) is 20.7 Å². The molecule has 0 aromatic heterocycles. The predicted octanol–water partition coefficient (Wildman–Crippen LogP) is -1.51. The second-order valence-electron chi connectivity index (χ2n) is 2.36. The van der Waals surface area contributed by atoms with Crippen molar-refractivity contribution in [3.63, 3.8) is 0 Å². The van der Waals surface area contributed by atoms with E-state index in [2.05, 4.69) is 3.76 Å². The van der Waals surface area contributed by atoms with Crippen molar-refractivity contribution in [3.8, 4) is 0 Å². The van der Waals surface area contributed by atoms with Crippen molar-refractivity contribution < 1.29 is 18.5 Å². The first-order chi connectivity index (χ1) is 6.15. The topological polar surface area (TPSA) is 66.4 Å². The second kappa shape index (κ2) is 4.09. The van der Waals surface area contributed by atoms with E-state index in [0.717, 1.165) is 0 Å². The first-order valence-corrected chi connectivity index (χ1v) is 5.26. The summed E-state index contributed by atoms with van der Waals surface area (Å²) >= 11 is -0.00287. The SMILES string of the molecule is O=C([O-])c1ccc(C(=O)[O][GeH3])cc1. The van der Waals surface area contributed by atoms with Gasteiger partial charge in [-0.15, -0.1) is 0 Å². The average Bonchev–Trinajstić information content (AvgIpc) is 2.17. The molecule has 0 atom stereocenters. The molecule has 0 bridgehead atoms. The van der Waals surface area contributed by atoms with Crippen molar-refractivity contribution in [2.24, 2.45) is 0 Å². The molecule has 0 saturated carbocycles. The molecule has 0 aliphatic carbocycles. The fourth-order valence-corrected chi connectivity index (χ4v) is 1.35. The molecule has 0 spiro atoms. The van der Waals surface area contributed by atoms with Gasteiger partial charge in [0.2, 0.25) is 0 Å². The molecule has 0 radical (unpaired) electrons. The minimum absolute atomic E-state index is 0.00287. The van der Waals surface area contributed by atoms with E-state index < -0.39 is 11.9 Å². The third-order valence-corrected chi connectivity index (χ3v) is 2.32. The number of hydrogen-bond donors (Lipinski definition) is 0. The van der Waals surface area contributed by atoms with Gasteiger partial charge in [-0.25, -0.2) is 0 Å². The zero-order valence-electron chi connectivity index (χ0n) is 6.94. The van der Waals surface area contributed by atoms with Gasteiger partial charge in [0.1, 0.15) is 0 Å². The Morgan fingerprint density at radius 1 is 1.15 bits per heavy atom. The van der Waals surface area contributed by atoms with E-state index in [1.807, 2.05) is 0 Å². The number of rotatable bonds is 2. The summed E-state index contributed by atoms with van der Waals surface area (Å²) in [5, 5.41) is 10.3. The number of hydrogen-bond acceptors (Lipinski definition) is 4. The van der Waals surface area contributed by atoms with Crippen LogP contribution < -0.4 is 5.11 Å². The zero-order valence-corrected chi connectivity index (χ0v) is 11.1. The van der Waals surface area contributed by atoms with Crippen LogP contribution in [-0.4, -0.2) is 28.8 Å². The summed E-state index contributed by atoms with van der Waals surface area (Å²) in [6, 6.07) is 5.43. The fraction of sp³-hybridized carbons (Fsp3) is 0. The van der Waals surface area contributed by atoms with E-state index >= 15 is 0 Å². The standard InChI is InChI=1S/C8H8GeO4/c9-13-8(12)6-3-1-5(2-4-6)7(10)11/h1-4H,9H3,(H,10,11)/p-1. The Hall–Kier alpha value is -1.30. The summed E-state index contributed by atoms with van der Waals surface area (Å²) in [5.41, 5.74) is 0.410. The molecule has 1 aromatic rings. The summed E-state index contributed by atoms with van der Waals surface area (Å²) in [5.74, 6) is -1.67. The van der Waals surface area contributed by atoms with Crippen LogP contribution in [0.2, 0.25) is 0 Å². The maximum absolute atomic E-state index is 11.0. The number of carbonyl (C=O) groups excluding carboxylic acids is 2. The van der Waals surface area contributed by atoms with Gasteiger partial charge in [-0.05, 0) is 0 Å². The first kappa shape index (κ1) is 9.79. The molecule has 4 nitrogen and oxygen atoms in total. The van der Waals surface area contributed by atoms with Crippen molar-refractivity contribution >= 4 is 28.8 Å². The zero-order chi connectivity index (χ0) is 9.84. The number of carboxylic acids is 1. The normalized spacial score (nSPS) is 9.54. The third kappa shape index (κ3) is 2.32. The summed E-state index contributed by atoms with van der Waals surface area (Å²) in [6.45, 7) is 0. The summed E-state index contributed by atoms with van der Waals surface area (Å²) in [7, 11) is 0. The van der Waals surface area contributed by atoms with Crippen LogP contribution in [0, 0.1) is 0 Å². The molecule has 0 aliphatic rings. The molecule has 0 saturated heterocycles. The van der Waals surface area contributed by atoms with Crippen LogP contribution in [0.5, 0.6) is 0 Å². The number of carboxylic acid groups (broad SMARTS) is 1. The molecule has 0 heterocycles. The monoisotopic (exact) mass is 241 g/mol. The summed E-state index contributed by atoms with van der Waals surface area (Å²) in [4.78, 5) is 21.3. The number of carbonyl (C=O) groups is 2. The second-order valence-corrected chi connectivity index (χ2v) is 3.21. The third-order valence-electron chi connectivity index (χ3n) is 1.54. The van der Waals surface area contributed by atoms with Crippen molar-refractivity contribution in [2.45, 2.75) is 0 Å². The van der Waals surface area contributed by atoms with E-state index in [4.69, 9.17) is 0 Å². The molecular weight excluding hydrogens is 233 g/mol. The van der Waals surface area contributed by atoms with E-state index in [-0.39, 0.29) is 22.4 Å². The van der Waals surface area contributed by atoms with Gasteiger partial charge in [-0.2, -0.15) is 0 Å². The van der Waals surface area contributed by atoms with Gasteiger partial charge in [0.25, 0.3) is 0 Å². The number of benzene rings is 1. The molecule has 0 fully saturated rings. The van der Waals surface area contributed by atoms with Crippen LogP contribution in [0.25, 0.3) is 0 Å². The molecule has 0 aliphatic heterocycles. The van der Waals surface area contributed by atoms with Gasteiger partial charge in [0.15, 0.2) is 0 Å². The van der Waals surface area contributed by atoms with E-state index in [9.17, 15) is 14.7 Å². The van der Waals surface area contributed by atoms with Crippen LogP contribution in [0.4, 0.5) is 0 Å². The molecule has 0 unspecified atom stereocenters. The number of aromatic carboxylic acids is 1. The Kier molecular flexibility index (Phi) is 3.08.